The van der Waals surface area contributed by atoms with E-state index in [-0.39, 0.29) is 18.0 Å². The molecule has 1 aromatic heterocycles. The SMILES string of the molecule is COc1cc(C(=O)N[C@H]2CCOC[C@H]2Nc2ccnc(C)n2)ccc1C. The van der Waals surface area contributed by atoms with Crippen LogP contribution in [0.1, 0.15) is 28.2 Å². The lowest BCUT2D eigenvalue weighted by Gasteiger charge is -2.33. The number of hydrogen-bond donors (Lipinski definition) is 2. The van der Waals surface area contributed by atoms with Crippen LogP contribution in [0.25, 0.3) is 0 Å². The maximum atomic E-state index is 12.7. The van der Waals surface area contributed by atoms with Gasteiger partial charge in [0.15, 0.2) is 0 Å². The molecule has 2 aromatic rings. The third-order valence-corrected chi connectivity index (χ3v) is 4.45. The predicted molar refractivity (Wildman–Crippen MR) is 98.6 cm³/mol. The first-order valence-corrected chi connectivity index (χ1v) is 8.66. The number of methoxy groups -OCH3 is 1. The Balaban J connectivity index is 1.70. The summed E-state index contributed by atoms with van der Waals surface area (Å²) in [7, 11) is 1.60. The summed E-state index contributed by atoms with van der Waals surface area (Å²) < 4.78 is 10.9. The van der Waals surface area contributed by atoms with E-state index in [0.29, 0.717) is 30.4 Å². The third-order valence-electron chi connectivity index (χ3n) is 4.45. The second-order valence-electron chi connectivity index (χ2n) is 6.37. The summed E-state index contributed by atoms with van der Waals surface area (Å²) in [4.78, 5) is 21.1. The molecule has 2 N–H and O–H groups in total. The first-order valence-electron chi connectivity index (χ1n) is 8.66. The van der Waals surface area contributed by atoms with Gasteiger partial charge in [0.05, 0.1) is 25.8 Å². The molecule has 1 saturated heterocycles. The molecule has 1 aliphatic heterocycles. The molecule has 0 saturated carbocycles. The van der Waals surface area contributed by atoms with E-state index in [2.05, 4.69) is 20.6 Å². The smallest absolute Gasteiger partial charge is 0.251 e. The summed E-state index contributed by atoms with van der Waals surface area (Å²) in [5, 5.41) is 6.46. The summed E-state index contributed by atoms with van der Waals surface area (Å²) in [6, 6.07) is 7.15. The molecule has 1 aromatic carbocycles. The molecule has 26 heavy (non-hydrogen) atoms. The number of hydrogen-bond acceptors (Lipinski definition) is 6. The van der Waals surface area contributed by atoms with Crippen molar-refractivity contribution < 1.29 is 14.3 Å². The Morgan fingerprint density at radius 2 is 2.12 bits per heavy atom. The van der Waals surface area contributed by atoms with E-state index in [4.69, 9.17) is 9.47 Å². The van der Waals surface area contributed by atoms with E-state index in [1.807, 2.05) is 32.0 Å². The molecular weight excluding hydrogens is 332 g/mol. The third kappa shape index (κ3) is 4.29. The Labute approximate surface area is 153 Å². The first kappa shape index (κ1) is 18.1. The van der Waals surface area contributed by atoms with Crippen molar-refractivity contribution in [2.75, 3.05) is 25.6 Å². The normalized spacial score (nSPS) is 19.7. The molecule has 3 rings (SSSR count). The van der Waals surface area contributed by atoms with Crippen LogP contribution in [0.15, 0.2) is 30.5 Å². The van der Waals surface area contributed by atoms with E-state index < -0.39 is 0 Å². The van der Waals surface area contributed by atoms with Gasteiger partial charge in [0, 0.05) is 18.4 Å². The molecule has 0 unspecified atom stereocenters. The largest absolute Gasteiger partial charge is 0.496 e. The summed E-state index contributed by atoms with van der Waals surface area (Å²) >= 11 is 0. The van der Waals surface area contributed by atoms with Crippen LogP contribution in [-0.4, -0.2) is 48.3 Å². The Hall–Kier alpha value is -2.67. The molecule has 7 heteroatoms. The molecule has 1 aliphatic rings. The highest BCUT2D eigenvalue weighted by Crippen LogP contribution is 2.20. The van der Waals surface area contributed by atoms with Crippen molar-refractivity contribution in [1.29, 1.82) is 0 Å². The number of carbonyl (C=O) groups excluding carboxylic acids is 1. The first-order chi connectivity index (χ1) is 12.6. The Bertz CT molecular complexity index is 781. The monoisotopic (exact) mass is 356 g/mol. The Morgan fingerprint density at radius 1 is 1.27 bits per heavy atom. The van der Waals surface area contributed by atoms with Gasteiger partial charge in [0.25, 0.3) is 5.91 Å². The van der Waals surface area contributed by atoms with Gasteiger partial charge < -0.3 is 20.1 Å². The molecule has 2 atom stereocenters. The van der Waals surface area contributed by atoms with Crippen molar-refractivity contribution in [3.8, 4) is 5.75 Å². The maximum absolute atomic E-state index is 12.7. The van der Waals surface area contributed by atoms with Crippen LogP contribution in [0.3, 0.4) is 0 Å². The molecule has 7 nitrogen and oxygen atoms in total. The molecule has 0 bridgehead atoms. The Kier molecular flexibility index (Phi) is 5.68. The number of nitrogens with zero attached hydrogens (tertiary/aromatic N) is 2. The summed E-state index contributed by atoms with van der Waals surface area (Å²) in [6.45, 7) is 4.91. The van der Waals surface area contributed by atoms with Gasteiger partial charge in [-0.1, -0.05) is 6.07 Å². The van der Waals surface area contributed by atoms with Crippen LogP contribution >= 0.6 is 0 Å². The molecular formula is C19H24N4O3. The Morgan fingerprint density at radius 3 is 2.88 bits per heavy atom. The van der Waals surface area contributed by atoms with Gasteiger partial charge in [-0.3, -0.25) is 4.79 Å². The quantitative estimate of drug-likeness (QED) is 0.853. The average Bonchev–Trinajstić information content (AvgIpc) is 2.63. The van der Waals surface area contributed by atoms with Gasteiger partial charge in [-0.2, -0.15) is 0 Å². The van der Waals surface area contributed by atoms with E-state index >= 15 is 0 Å². The highest BCUT2D eigenvalue weighted by Gasteiger charge is 2.28. The number of amides is 1. The van der Waals surface area contributed by atoms with E-state index in [0.717, 1.165) is 17.8 Å². The van der Waals surface area contributed by atoms with Crippen molar-refractivity contribution >= 4 is 11.7 Å². The molecule has 1 fully saturated rings. The molecule has 1 amide bonds. The number of nitrogens with one attached hydrogen (secondary N) is 2. The number of carbonyl (C=O) groups is 1. The molecule has 2 heterocycles. The zero-order valence-corrected chi connectivity index (χ0v) is 15.3. The zero-order valence-electron chi connectivity index (χ0n) is 15.3. The number of aromatic nitrogens is 2. The zero-order chi connectivity index (χ0) is 18.5. The molecule has 0 spiro atoms. The van der Waals surface area contributed by atoms with Gasteiger partial charge in [0.2, 0.25) is 0 Å². The van der Waals surface area contributed by atoms with Crippen molar-refractivity contribution in [2.45, 2.75) is 32.4 Å². The highest BCUT2D eigenvalue weighted by molar-refractivity contribution is 5.95. The minimum atomic E-state index is -0.124. The van der Waals surface area contributed by atoms with Crippen LogP contribution in [0, 0.1) is 13.8 Å². The van der Waals surface area contributed by atoms with Crippen LogP contribution < -0.4 is 15.4 Å². The van der Waals surface area contributed by atoms with E-state index in [1.165, 1.54) is 0 Å². The fourth-order valence-corrected chi connectivity index (χ4v) is 2.99. The van der Waals surface area contributed by atoms with Crippen molar-refractivity contribution in [1.82, 2.24) is 15.3 Å². The van der Waals surface area contributed by atoms with Gasteiger partial charge >= 0.3 is 0 Å². The lowest BCUT2D eigenvalue weighted by Crippen LogP contribution is -2.52. The number of ether oxygens (including phenoxy) is 2. The lowest BCUT2D eigenvalue weighted by molar-refractivity contribution is 0.0620. The fraction of sp³-hybridized carbons (Fsp3) is 0.421. The second-order valence-corrected chi connectivity index (χ2v) is 6.37. The number of aryl methyl sites for hydroxylation is 2. The summed E-state index contributed by atoms with van der Waals surface area (Å²) in [5.41, 5.74) is 1.57. The number of benzene rings is 1. The van der Waals surface area contributed by atoms with E-state index in [9.17, 15) is 4.79 Å². The van der Waals surface area contributed by atoms with Gasteiger partial charge in [-0.25, -0.2) is 9.97 Å². The topological polar surface area (TPSA) is 85.4 Å². The highest BCUT2D eigenvalue weighted by atomic mass is 16.5. The van der Waals surface area contributed by atoms with Crippen LogP contribution in [-0.2, 0) is 4.74 Å². The minimum absolute atomic E-state index is 0.0566. The molecule has 0 aliphatic carbocycles. The van der Waals surface area contributed by atoms with Gasteiger partial charge in [-0.05, 0) is 44.0 Å². The van der Waals surface area contributed by atoms with E-state index in [1.54, 1.807) is 19.4 Å². The summed E-state index contributed by atoms with van der Waals surface area (Å²) in [5.74, 6) is 2.00. The van der Waals surface area contributed by atoms with Gasteiger partial charge in [-0.15, -0.1) is 0 Å². The minimum Gasteiger partial charge on any atom is -0.496 e. The van der Waals surface area contributed by atoms with Crippen molar-refractivity contribution in [2.24, 2.45) is 0 Å². The summed E-state index contributed by atoms with van der Waals surface area (Å²) in [6.07, 6.45) is 2.44. The number of anilines is 1. The molecule has 138 valence electrons. The lowest BCUT2D eigenvalue weighted by atomic mass is 10.0. The fourth-order valence-electron chi connectivity index (χ4n) is 2.99. The standard InChI is InChI=1S/C19H24N4O3/c1-12-4-5-14(10-17(12)25-3)19(24)23-15-7-9-26-11-16(15)22-18-6-8-20-13(2)21-18/h4-6,8,10,15-16H,7,9,11H2,1-3H3,(H,23,24)(H,20,21,22)/t15-,16+/m0/s1. The van der Waals surface area contributed by atoms with Crippen LogP contribution in [0.2, 0.25) is 0 Å². The average molecular weight is 356 g/mol. The maximum Gasteiger partial charge on any atom is 0.251 e. The van der Waals surface area contributed by atoms with Crippen molar-refractivity contribution in [3.05, 3.63) is 47.4 Å². The van der Waals surface area contributed by atoms with Gasteiger partial charge in [0.1, 0.15) is 17.4 Å². The number of rotatable bonds is 5. The predicted octanol–water partition coefficient (Wildman–Crippen LogP) is 2.10. The van der Waals surface area contributed by atoms with Crippen LogP contribution in [0.5, 0.6) is 5.75 Å². The van der Waals surface area contributed by atoms with Crippen LogP contribution in [0.4, 0.5) is 5.82 Å². The second kappa shape index (κ2) is 8.14. The van der Waals surface area contributed by atoms with Crippen molar-refractivity contribution in [3.63, 3.8) is 0 Å². The molecule has 0 radical (unpaired) electrons.